The van der Waals surface area contributed by atoms with E-state index >= 15 is 0 Å². The van der Waals surface area contributed by atoms with Crippen LogP contribution in [0.4, 0.5) is 0 Å². The van der Waals surface area contributed by atoms with Crippen molar-refractivity contribution >= 4 is 0 Å². The van der Waals surface area contributed by atoms with E-state index < -0.39 is 98.7 Å². The van der Waals surface area contributed by atoms with E-state index in [1.165, 1.54) is 58.1 Å². The van der Waals surface area contributed by atoms with Crippen LogP contribution < -0.4 is 0 Å². The lowest BCUT2D eigenvalue weighted by Gasteiger charge is -2.58. The molecule has 60 heavy (non-hydrogen) atoms. The van der Waals surface area contributed by atoms with E-state index in [9.17, 15) is 40.9 Å². The molecule has 0 aromatic rings. The van der Waals surface area contributed by atoms with E-state index in [2.05, 4.69) is 38.7 Å². The van der Waals surface area contributed by atoms with Crippen molar-refractivity contribution in [3.05, 3.63) is 11.6 Å². The molecule has 0 amide bonds. The summed E-state index contributed by atoms with van der Waals surface area (Å²) in [6, 6.07) is 1.45. The second kappa shape index (κ2) is 16.5. The number of aliphatic hydroxyl groups is 8. The SMILES string of the molecule is C[C@H]1CC[C@@H]2[C@@H](C)[C@H]3C(CC4C5CC=C6CC(O[C@@H]7O[C@H](CO)C(O[C@@H]8O[C@@H](C)[C@H](O)[C@@H](O)[C@H]8O)[C@H](O)[C@H]7O[C@@H]7O[C@@H](C)[C@H](O)[C@@H](O)[C@H]7O)CC[C@]6(C)C5CC[C@@]43C)N2C1. The average Bonchev–Trinajstić information content (AvgIpc) is 3.69. The van der Waals surface area contributed by atoms with Crippen molar-refractivity contribution in [2.75, 3.05) is 13.2 Å². The summed E-state index contributed by atoms with van der Waals surface area (Å²) < 4.78 is 36.7. The number of rotatable bonds is 7. The second-order valence-corrected chi connectivity index (χ2v) is 21.2. The Balaban J connectivity index is 0.927. The highest BCUT2D eigenvalue weighted by Crippen LogP contribution is 2.70. The van der Waals surface area contributed by atoms with Crippen LogP contribution in [0, 0.1) is 46.3 Å². The van der Waals surface area contributed by atoms with Crippen LogP contribution in [0.3, 0.4) is 0 Å². The first-order chi connectivity index (χ1) is 28.5. The average molecular weight is 852 g/mol. The minimum atomic E-state index is -1.70. The lowest BCUT2D eigenvalue weighted by Crippen LogP contribution is -2.66. The van der Waals surface area contributed by atoms with Gasteiger partial charge in [0.25, 0.3) is 0 Å². The number of hydrogen-bond donors (Lipinski definition) is 8. The fourth-order valence-electron chi connectivity index (χ4n) is 14.7. The fourth-order valence-corrected chi connectivity index (χ4v) is 14.7. The molecule has 8 fully saturated rings. The Hall–Kier alpha value is -0.860. The van der Waals surface area contributed by atoms with Gasteiger partial charge in [-0.05, 0) is 118 Å². The summed E-state index contributed by atoms with van der Waals surface area (Å²) in [4.78, 5) is 2.95. The molecular weight excluding hydrogens is 778 g/mol. The summed E-state index contributed by atoms with van der Waals surface area (Å²) >= 11 is 0. The monoisotopic (exact) mass is 852 g/mol. The fraction of sp³-hybridized carbons (Fsp3) is 0.956. The van der Waals surface area contributed by atoms with Crippen molar-refractivity contribution in [1.29, 1.82) is 0 Å². The quantitative estimate of drug-likeness (QED) is 0.169. The van der Waals surface area contributed by atoms with Gasteiger partial charge in [-0.3, -0.25) is 4.90 Å². The third-order valence-corrected chi connectivity index (χ3v) is 18.0. The first-order valence-electron chi connectivity index (χ1n) is 23.2. The zero-order valence-corrected chi connectivity index (χ0v) is 36.2. The molecule has 5 heterocycles. The minimum Gasteiger partial charge on any atom is -0.394 e. The van der Waals surface area contributed by atoms with Crippen LogP contribution in [0.25, 0.3) is 0 Å². The van der Waals surface area contributed by atoms with Crippen molar-refractivity contribution < 1.29 is 69.3 Å². The van der Waals surface area contributed by atoms with Gasteiger partial charge < -0.3 is 69.3 Å². The van der Waals surface area contributed by atoms with Crippen LogP contribution in [0.2, 0.25) is 0 Å². The molecule has 0 aromatic heterocycles. The summed E-state index contributed by atoms with van der Waals surface area (Å²) in [7, 11) is 0. The maximum atomic E-state index is 12.0. The molecule has 26 atom stereocenters. The van der Waals surface area contributed by atoms with Crippen LogP contribution in [-0.2, 0) is 28.4 Å². The highest BCUT2D eigenvalue weighted by Gasteiger charge is 2.66. The van der Waals surface area contributed by atoms with Gasteiger partial charge in [-0.2, -0.15) is 0 Å². The maximum absolute atomic E-state index is 12.0. The molecule has 3 saturated carbocycles. The smallest absolute Gasteiger partial charge is 0.187 e. The number of fused-ring (bicyclic) bond motifs is 9. The van der Waals surface area contributed by atoms with Crippen molar-refractivity contribution in [2.45, 2.75) is 210 Å². The van der Waals surface area contributed by atoms with E-state index in [1.54, 1.807) is 0 Å². The Kier molecular flexibility index (Phi) is 12.2. The van der Waals surface area contributed by atoms with Gasteiger partial charge in [-0.15, -0.1) is 0 Å². The van der Waals surface area contributed by atoms with Gasteiger partial charge in [-0.25, -0.2) is 0 Å². The van der Waals surface area contributed by atoms with E-state index in [4.69, 9.17) is 28.4 Å². The third kappa shape index (κ3) is 7.11. The van der Waals surface area contributed by atoms with Gasteiger partial charge in [0.15, 0.2) is 18.9 Å². The first-order valence-corrected chi connectivity index (χ1v) is 23.2. The van der Waals surface area contributed by atoms with Crippen molar-refractivity contribution in [2.24, 2.45) is 46.3 Å². The topological polar surface area (TPSA) is 220 Å². The molecule has 342 valence electrons. The Morgan fingerprint density at radius 3 is 1.98 bits per heavy atom. The van der Waals surface area contributed by atoms with Crippen LogP contribution in [0.5, 0.6) is 0 Å². The molecular formula is C45H73NO14. The first kappa shape index (κ1) is 44.3. The Morgan fingerprint density at radius 2 is 1.33 bits per heavy atom. The van der Waals surface area contributed by atoms with Crippen molar-refractivity contribution in [1.82, 2.24) is 4.90 Å². The van der Waals surface area contributed by atoms with Crippen LogP contribution >= 0.6 is 0 Å². The molecule has 6 unspecified atom stereocenters. The van der Waals surface area contributed by atoms with Gasteiger partial charge in [0, 0.05) is 18.6 Å². The minimum absolute atomic E-state index is 0.0360. The Bertz CT molecular complexity index is 1570. The van der Waals surface area contributed by atoms with Crippen LogP contribution in [-0.4, -0.2) is 169 Å². The van der Waals surface area contributed by atoms with Gasteiger partial charge in [-0.1, -0.05) is 39.3 Å². The zero-order valence-electron chi connectivity index (χ0n) is 36.2. The largest absolute Gasteiger partial charge is 0.394 e. The summed E-state index contributed by atoms with van der Waals surface area (Å²) in [6.07, 6.45) is -9.14. The van der Waals surface area contributed by atoms with E-state index in [1.807, 2.05) is 0 Å². The lowest BCUT2D eigenvalue weighted by molar-refractivity contribution is -0.388. The Labute approximate surface area is 354 Å². The number of nitrogens with zero attached hydrogens (tertiary/aromatic N) is 1. The molecule has 5 aliphatic heterocycles. The summed E-state index contributed by atoms with van der Waals surface area (Å²) in [5.74, 6) is 4.26. The highest BCUT2D eigenvalue weighted by molar-refractivity contribution is 5.27. The molecule has 0 bridgehead atoms. The molecule has 4 aliphatic carbocycles. The van der Waals surface area contributed by atoms with Gasteiger partial charge in [0.05, 0.1) is 24.9 Å². The number of piperidine rings is 1. The molecule has 0 radical (unpaired) electrons. The van der Waals surface area contributed by atoms with E-state index in [0.29, 0.717) is 35.6 Å². The van der Waals surface area contributed by atoms with Crippen molar-refractivity contribution in [3.63, 3.8) is 0 Å². The molecule has 15 heteroatoms. The van der Waals surface area contributed by atoms with E-state index in [-0.39, 0.29) is 11.5 Å². The van der Waals surface area contributed by atoms with Gasteiger partial charge in [0.2, 0.25) is 0 Å². The number of allylic oxidation sites excluding steroid dienone is 1. The predicted molar refractivity (Wildman–Crippen MR) is 214 cm³/mol. The molecule has 5 saturated heterocycles. The summed E-state index contributed by atoms with van der Waals surface area (Å²) in [6.45, 7) is 13.7. The lowest BCUT2D eigenvalue weighted by atomic mass is 9.47. The summed E-state index contributed by atoms with van der Waals surface area (Å²) in [5, 5.41) is 85.9. The number of hydrogen-bond acceptors (Lipinski definition) is 15. The molecule has 15 nitrogen and oxygen atoms in total. The van der Waals surface area contributed by atoms with Gasteiger partial charge in [0.1, 0.15) is 61.0 Å². The normalized spacial score (nSPS) is 58.1. The molecule has 8 N–H and O–H groups in total. The molecule has 9 rings (SSSR count). The molecule has 0 spiro atoms. The zero-order chi connectivity index (χ0) is 42.7. The second-order valence-electron chi connectivity index (χ2n) is 21.2. The predicted octanol–water partition coefficient (Wildman–Crippen LogP) is 1.18. The number of aliphatic hydroxyl groups excluding tert-OH is 8. The van der Waals surface area contributed by atoms with Crippen molar-refractivity contribution in [3.8, 4) is 0 Å². The standard InChI is InChI=1S/C45H73NO14/c1-19-7-10-28-20(2)31-29(46(28)17-19)16-27-25-9-8-23-15-24(11-13-44(23,5)26(25)12-14-45(27,31)6)57-43-40(60-42-37(53)35(51)33(49)22(4)56-42)38(54)39(30(18-47)58-43)59-41-36(52)34(50)32(48)21(3)55-41/h8,19-22,24-43,47-54H,7,9-18H2,1-6H3/t19-,20+,21-,22-,24?,25?,26?,27?,28+,29?,30+,31-,32-,33-,34+,35+,36+,37+,38-,39?,40+,41-,42-,43+,44-,45-/m0/s1. The highest BCUT2D eigenvalue weighted by atomic mass is 16.8. The number of ether oxygens (including phenoxy) is 6. The maximum Gasteiger partial charge on any atom is 0.187 e. The van der Waals surface area contributed by atoms with Crippen LogP contribution in [0.1, 0.15) is 99.3 Å². The van der Waals surface area contributed by atoms with Crippen LogP contribution in [0.15, 0.2) is 11.6 Å². The molecule has 0 aromatic carbocycles. The van der Waals surface area contributed by atoms with Gasteiger partial charge >= 0.3 is 0 Å². The molecule has 9 aliphatic rings. The van der Waals surface area contributed by atoms with E-state index in [0.717, 1.165) is 43.1 Å². The third-order valence-electron chi connectivity index (χ3n) is 18.0. The summed E-state index contributed by atoms with van der Waals surface area (Å²) in [5.41, 5.74) is 1.80. The Morgan fingerprint density at radius 1 is 0.683 bits per heavy atom.